The van der Waals surface area contributed by atoms with Crippen molar-refractivity contribution in [2.45, 2.75) is 59.9 Å². The number of fused-ring (bicyclic) bond motifs is 2. The number of imidazole rings is 1. The average molecular weight is 361 g/mol. The second kappa shape index (κ2) is 9.03. The molecule has 0 bridgehead atoms. The lowest BCUT2D eigenvalue weighted by Crippen LogP contribution is -2.08. The highest BCUT2D eigenvalue weighted by Crippen LogP contribution is 2.31. The minimum atomic E-state index is 0.657. The smallest absolute Gasteiger partial charge is 0.0958 e. The summed E-state index contributed by atoms with van der Waals surface area (Å²) in [5.74, 6) is 0.657. The van der Waals surface area contributed by atoms with Crippen LogP contribution in [-0.4, -0.2) is 9.55 Å². The molecule has 1 heterocycles. The Morgan fingerprint density at radius 3 is 2.74 bits per heavy atom. The fourth-order valence-corrected chi connectivity index (χ4v) is 3.97. The number of aryl methyl sites for hydroxylation is 3. The molecule has 0 aliphatic heterocycles. The molecule has 0 amide bonds. The molecule has 1 aliphatic carbocycles. The number of para-hydroxylation sites is 2. The van der Waals surface area contributed by atoms with Gasteiger partial charge in [-0.05, 0) is 61.8 Å². The Hall–Kier alpha value is -2.35. The summed E-state index contributed by atoms with van der Waals surface area (Å²) in [7, 11) is 0. The van der Waals surface area contributed by atoms with E-state index in [1.54, 1.807) is 5.57 Å². The van der Waals surface area contributed by atoms with E-state index >= 15 is 0 Å². The third kappa shape index (κ3) is 4.50. The first-order valence-electron chi connectivity index (χ1n) is 10.4. The highest BCUT2D eigenvalue weighted by Gasteiger charge is 2.15. The van der Waals surface area contributed by atoms with Crippen molar-refractivity contribution in [3.63, 3.8) is 0 Å². The molecule has 0 spiro atoms. The standard InChI is InChI=1S/C23H26N2.C2H6/c1-17-9-10-21-15-19(11-12-20(21)14-17)18(2)6-5-13-25-16-24-22-7-3-4-8-23(22)25;1-2/h3-4,7-10,14-16,18H,5-6,11-13H2,1-2H3;1-2H3. The van der Waals surface area contributed by atoms with Crippen molar-refractivity contribution in [2.75, 3.05) is 0 Å². The van der Waals surface area contributed by atoms with Gasteiger partial charge in [-0.1, -0.05) is 68.3 Å². The zero-order valence-electron chi connectivity index (χ0n) is 17.2. The van der Waals surface area contributed by atoms with E-state index in [0.717, 1.165) is 12.1 Å². The van der Waals surface area contributed by atoms with E-state index in [1.807, 2.05) is 20.2 Å². The molecule has 2 heteroatoms. The molecule has 142 valence electrons. The molecule has 0 N–H and O–H groups in total. The number of hydrogen-bond acceptors (Lipinski definition) is 1. The second-order valence-corrected chi connectivity index (χ2v) is 7.39. The lowest BCUT2D eigenvalue weighted by molar-refractivity contribution is 0.522. The first kappa shape index (κ1) is 19.4. The number of rotatable bonds is 5. The van der Waals surface area contributed by atoms with Gasteiger partial charge in [-0.25, -0.2) is 4.98 Å². The monoisotopic (exact) mass is 360 g/mol. The van der Waals surface area contributed by atoms with Gasteiger partial charge in [0.2, 0.25) is 0 Å². The van der Waals surface area contributed by atoms with Gasteiger partial charge in [0.15, 0.2) is 0 Å². The van der Waals surface area contributed by atoms with Gasteiger partial charge in [-0.15, -0.1) is 0 Å². The number of allylic oxidation sites excluding steroid dienone is 1. The number of hydrogen-bond donors (Lipinski definition) is 0. The Bertz CT molecular complexity index is 917. The van der Waals surface area contributed by atoms with Gasteiger partial charge in [0, 0.05) is 6.54 Å². The molecule has 2 aromatic carbocycles. The normalized spacial score (nSPS) is 14.1. The number of nitrogens with zero attached hydrogens (tertiary/aromatic N) is 2. The Kier molecular flexibility index (Phi) is 6.49. The third-order valence-corrected chi connectivity index (χ3v) is 5.52. The van der Waals surface area contributed by atoms with Gasteiger partial charge in [0.05, 0.1) is 17.4 Å². The molecule has 1 atom stereocenters. The van der Waals surface area contributed by atoms with Crippen LogP contribution in [-0.2, 0) is 13.0 Å². The van der Waals surface area contributed by atoms with Crippen molar-refractivity contribution in [3.8, 4) is 0 Å². The zero-order valence-corrected chi connectivity index (χ0v) is 17.2. The molecule has 0 saturated carbocycles. The van der Waals surface area contributed by atoms with Crippen LogP contribution in [0, 0.1) is 12.8 Å². The van der Waals surface area contributed by atoms with E-state index in [1.165, 1.54) is 47.9 Å². The van der Waals surface area contributed by atoms with Crippen molar-refractivity contribution in [2.24, 2.45) is 5.92 Å². The Morgan fingerprint density at radius 1 is 1.07 bits per heavy atom. The minimum absolute atomic E-state index is 0.657. The Morgan fingerprint density at radius 2 is 1.89 bits per heavy atom. The summed E-state index contributed by atoms with van der Waals surface area (Å²) < 4.78 is 2.29. The van der Waals surface area contributed by atoms with Crippen LogP contribution in [0.2, 0.25) is 0 Å². The van der Waals surface area contributed by atoms with Gasteiger partial charge >= 0.3 is 0 Å². The molecule has 0 radical (unpaired) electrons. The minimum Gasteiger partial charge on any atom is -0.331 e. The lowest BCUT2D eigenvalue weighted by Gasteiger charge is -2.22. The molecule has 4 rings (SSSR count). The average Bonchev–Trinajstić information content (AvgIpc) is 3.12. The Labute approximate surface area is 163 Å². The second-order valence-electron chi connectivity index (χ2n) is 7.39. The summed E-state index contributed by atoms with van der Waals surface area (Å²) in [5, 5.41) is 0. The van der Waals surface area contributed by atoms with Gasteiger partial charge in [-0.2, -0.15) is 0 Å². The van der Waals surface area contributed by atoms with Crippen LogP contribution in [0.25, 0.3) is 17.1 Å². The first-order valence-corrected chi connectivity index (χ1v) is 10.4. The SMILES string of the molecule is CC.Cc1ccc2c(c1)CCC(C(C)CCCn1cnc3ccccc31)=C2. The van der Waals surface area contributed by atoms with Crippen LogP contribution in [0.5, 0.6) is 0 Å². The fraction of sp³-hybridized carbons (Fsp3) is 0.400. The molecule has 1 aromatic heterocycles. The van der Waals surface area contributed by atoms with E-state index in [2.05, 4.69) is 71.9 Å². The molecular formula is C25H32N2. The first-order chi connectivity index (χ1) is 13.2. The van der Waals surface area contributed by atoms with Crippen LogP contribution < -0.4 is 0 Å². The molecule has 2 nitrogen and oxygen atoms in total. The van der Waals surface area contributed by atoms with Gasteiger partial charge in [0.1, 0.15) is 0 Å². The summed E-state index contributed by atoms with van der Waals surface area (Å²) in [4.78, 5) is 4.49. The maximum Gasteiger partial charge on any atom is 0.0958 e. The van der Waals surface area contributed by atoms with Gasteiger partial charge in [-0.3, -0.25) is 0 Å². The van der Waals surface area contributed by atoms with Crippen LogP contribution in [0.1, 0.15) is 56.7 Å². The predicted octanol–water partition coefficient (Wildman–Crippen LogP) is 6.82. The van der Waals surface area contributed by atoms with Crippen molar-refractivity contribution < 1.29 is 0 Å². The molecule has 1 aliphatic rings. The van der Waals surface area contributed by atoms with Gasteiger partial charge < -0.3 is 4.57 Å². The molecule has 27 heavy (non-hydrogen) atoms. The molecular weight excluding hydrogens is 328 g/mol. The van der Waals surface area contributed by atoms with E-state index in [0.29, 0.717) is 5.92 Å². The molecule has 3 aromatic rings. The number of aromatic nitrogens is 2. The molecule has 0 saturated heterocycles. The lowest BCUT2D eigenvalue weighted by atomic mass is 9.84. The maximum atomic E-state index is 4.49. The van der Waals surface area contributed by atoms with E-state index in [4.69, 9.17) is 0 Å². The highest BCUT2D eigenvalue weighted by atomic mass is 15.0. The van der Waals surface area contributed by atoms with Crippen molar-refractivity contribution in [1.82, 2.24) is 9.55 Å². The topological polar surface area (TPSA) is 17.8 Å². The van der Waals surface area contributed by atoms with Crippen LogP contribution in [0.3, 0.4) is 0 Å². The highest BCUT2D eigenvalue weighted by molar-refractivity contribution is 5.74. The number of benzene rings is 2. The van der Waals surface area contributed by atoms with Crippen molar-refractivity contribution >= 4 is 17.1 Å². The van der Waals surface area contributed by atoms with E-state index < -0.39 is 0 Å². The summed E-state index contributed by atoms with van der Waals surface area (Å²) >= 11 is 0. The predicted molar refractivity (Wildman–Crippen MR) is 117 cm³/mol. The van der Waals surface area contributed by atoms with E-state index in [-0.39, 0.29) is 0 Å². The zero-order chi connectivity index (χ0) is 19.2. The largest absolute Gasteiger partial charge is 0.331 e. The summed E-state index contributed by atoms with van der Waals surface area (Å²) in [5.41, 5.74) is 8.27. The van der Waals surface area contributed by atoms with Crippen LogP contribution in [0.4, 0.5) is 0 Å². The summed E-state index contributed by atoms with van der Waals surface area (Å²) in [6.45, 7) is 9.62. The molecule has 1 unspecified atom stereocenters. The quantitative estimate of drug-likeness (QED) is 0.488. The van der Waals surface area contributed by atoms with Crippen molar-refractivity contribution in [1.29, 1.82) is 0 Å². The van der Waals surface area contributed by atoms with E-state index in [9.17, 15) is 0 Å². The third-order valence-electron chi connectivity index (χ3n) is 5.52. The van der Waals surface area contributed by atoms with Gasteiger partial charge in [0.25, 0.3) is 0 Å². The van der Waals surface area contributed by atoms with Crippen LogP contribution >= 0.6 is 0 Å². The van der Waals surface area contributed by atoms with Crippen molar-refractivity contribution in [3.05, 3.63) is 71.1 Å². The fourth-order valence-electron chi connectivity index (χ4n) is 3.97. The summed E-state index contributed by atoms with van der Waals surface area (Å²) in [6, 6.07) is 15.2. The summed E-state index contributed by atoms with van der Waals surface area (Å²) in [6.07, 6.45) is 9.26. The molecule has 0 fully saturated rings. The maximum absolute atomic E-state index is 4.49. The van der Waals surface area contributed by atoms with Crippen LogP contribution in [0.15, 0.2) is 54.4 Å². The Balaban J connectivity index is 0.00000102.